The predicted octanol–water partition coefficient (Wildman–Crippen LogP) is -3.82. The molecule has 0 saturated carbocycles. The van der Waals surface area contributed by atoms with Crippen LogP contribution in [-0.2, 0) is 11.3 Å². The summed E-state index contributed by atoms with van der Waals surface area (Å²) in [7, 11) is 1.63. The lowest BCUT2D eigenvalue weighted by molar-refractivity contribution is -0.001000. The van der Waals surface area contributed by atoms with Gasteiger partial charge in [-0.2, -0.15) is 0 Å². The minimum absolute atomic E-state index is 0. The Hall–Kier alpha value is -0.430. The van der Waals surface area contributed by atoms with Gasteiger partial charge in [-0.3, -0.25) is 4.90 Å². The van der Waals surface area contributed by atoms with E-state index < -0.39 is 0 Å². The van der Waals surface area contributed by atoms with Crippen LogP contribution in [0.3, 0.4) is 0 Å². The van der Waals surface area contributed by atoms with Crippen molar-refractivity contribution in [2.45, 2.75) is 13.5 Å². The van der Waals surface area contributed by atoms with Crippen LogP contribution < -0.4 is 39.6 Å². The first-order valence-corrected chi connectivity index (χ1v) is 8.12. The number of hydrogen-bond acceptors (Lipinski definition) is 5. The molecule has 1 heterocycles. The fraction of sp³-hybridized carbons (Fsp3) is 0.625. The van der Waals surface area contributed by atoms with Gasteiger partial charge in [0, 0.05) is 32.7 Å². The van der Waals surface area contributed by atoms with Gasteiger partial charge in [0.15, 0.2) is 11.5 Å². The van der Waals surface area contributed by atoms with Crippen molar-refractivity contribution in [3.8, 4) is 11.5 Å². The maximum absolute atomic E-state index is 6.27. The zero-order valence-electron chi connectivity index (χ0n) is 14.1. The van der Waals surface area contributed by atoms with E-state index in [0.717, 1.165) is 51.5 Å². The molecular formula is C16H25Cl3N2O3-2. The van der Waals surface area contributed by atoms with E-state index in [1.807, 2.05) is 19.1 Å². The molecule has 0 aromatic heterocycles. The highest BCUT2D eigenvalue weighted by Gasteiger charge is 2.12. The van der Waals surface area contributed by atoms with Crippen LogP contribution in [-0.4, -0.2) is 58.0 Å². The molecule has 2 rings (SSSR count). The summed E-state index contributed by atoms with van der Waals surface area (Å²) in [5.74, 6) is 1.29. The van der Waals surface area contributed by atoms with Crippen molar-refractivity contribution in [3.05, 3.63) is 22.7 Å². The summed E-state index contributed by atoms with van der Waals surface area (Å²) >= 11 is 6.27. The molecule has 1 saturated heterocycles. The highest BCUT2D eigenvalue weighted by atomic mass is 35.5. The van der Waals surface area contributed by atoms with Crippen molar-refractivity contribution in [1.29, 1.82) is 0 Å². The minimum atomic E-state index is 0. The number of nitrogens with zero attached hydrogens (tertiary/aromatic N) is 1. The van der Waals surface area contributed by atoms with Gasteiger partial charge in [-0.15, -0.1) is 0 Å². The minimum Gasteiger partial charge on any atom is -1.00 e. The van der Waals surface area contributed by atoms with E-state index in [2.05, 4.69) is 10.2 Å². The number of hydrogen-bond donors (Lipinski definition) is 1. The lowest BCUT2D eigenvalue weighted by atomic mass is 10.2. The number of methoxy groups -OCH3 is 1. The topological polar surface area (TPSA) is 43.0 Å². The summed E-state index contributed by atoms with van der Waals surface area (Å²) < 4.78 is 16.2. The Balaban J connectivity index is 0.00000264. The van der Waals surface area contributed by atoms with Crippen LogP contribution in [0.1, 0.15) is 12.5 Å². The van der Waals surface area contributed by atoms with E-state index in [-0.39, 0.29) is 24.8 Å². The van der Waals surface area contributed by atoms with Gasteiger partial charge in [0.1, 0.15) is 0 Å². The fourth-order valence-corrected chi connectivity index (χ4v) is 2.74. The van der Waals surface area contributed by atoms with Gasteiger partial charge in [0.05, 0.1) is 32.0 Å². The van der Waals surface area contributed by atoms with Crippen molar-refractivity contribution in [1.82, 2.24) is 10.2 Å². The molecule has 0 spiro atoms. The molecule has 0 aliphatic carbocycles. The molecule has 140 valence electrons. The Morgan fingerprint density at radius 2 is 1.96 bits per heavy atom. The van der Waals surface area contributed by atoms with Crippen LogP contribution in [0.2, 0.25) is 5.02 Å². The fourth-order valence-electron chi connectivity index (χ4n) is 2.45. The summed E-state index contributed by atoms with van der Waals surface area (Å²) in [6, 6.07) is 3.90. The Bertz CT molecular complexity index is 472. The lowest BCUT2D eigenvalue weighted by Crippen LogP contribution is -3.00. The third-order valence-corrected chi connectivity index (χ3v) is 3.90. The zero-order valence-corrected chi connectivity index (χ0v) is 16.4. The van der Waals surface area contributed by atoms with Crippen LogP contribution in [0.25, 0.3) is 0 Å². The molecule has 1 fully saturated rings. The van der Waals surface area contributed by atoms with E-state index in [4.69, 9.17) is 25.8 Å². The zero-order chi connectivity index (χ0) is 15.8. The van der Waals surface area contributed by atoms with Crippen molar-refractivity contribution in [2.24, 2.45) is 0 Å². The third kappa shape index (κ3) is 7.21. The summed E-state index contributed by atoms with van der Waals surface area (Å²) in [6.07, 6.45) is 0. The smallest absolute Gasteiger partial charge is 0.179 e. The molecular weight excluding hydrogens is 375 g/mol. The van der Waals surface area contributed by atoms with E-state index in [1.165, 1.54) is 0 Å². The Labute approximate surface area is 161 Å². The molecule has 0 unspecified atom stereocenters. The molecule has 1 aliphatic rings. The van der Waals surface area contributed by atoms with Gasteiger partial charge in [0.2, 0.25) is 0 Å². The molecule has 0 radical (unpaired) electrons. The quantitative estimate of drug-likeness (QED) is 0.454. The molecule has 5 nitrogen and oxygen atoms in total. The van der Waals surface area contributed by atoms with Gasteiger partial charge in [-0.1, -0.05) is 11.6 Å². The first kappa shape index (κ1) is 23.6. The van der Waals surface area contributed by atoms with Gasteiger partial charge < -0.3 is 44.3 Å². The van der Waals surface area contributed by atoms with Crippen molar-refractivity contribution < 1.29 is 39.0 Å². The normalized spacial score (nSPS) is 14.5. The molecule has 0 bridgehead atoms. The Kier molecular flexibility index (Phi) is 12.6. The van der Waals surface area contributed by atoms with Crippen molar-refractivity contribution in [2.75, 3.05) is 53.1 Å². The van der Waals surface area contributed by atoms with Gasteiger partial charge in [0.25, 0.3) is 0 Å². The Morgan fingerprint density at radius 3 is 2.58 bits per heavy atom. The van der Waals surface area contributed by atoms with Crippen LogP contribution in [0.4, 0.5) is 0 Å². The number of rotatable bonds is 8. The van der Waals surface area contributed by atoms with Crippen LogP contribution in [0.15, 0.2) is 12.1 Å². The molecule has 1 aromatic carbocycles. The van der Waals surface area contributed by atoms with E-state index in [9.17, 15) is 0 Å². The van der Waals surface area contributed by atoms with Gasteiger partial charge >= 0.3 is 0 Å². The molecule has 1 N–H and O–H groups in total. The first-order chi connectivity index (χ1) is 10.7. The second-order valence-electron chi connectivity index (χ2n) is 5.17. The number of ether oxygens (including phenoxy) is 3. The van der Waals surface area contributed by atoms with E-state index in [1.54, 1.807) is 7.11 Å². The molecule has 8 heteroatoms. The third-order valence-electron chi connectivity index (χ3n) is 3.62. The van der Waals surface area contributed by atoms with Crippen LogP contribution >= 0.6 is 11.6 Å². The van der Waals surface area contributed by atoms with Crippen molar-refractivity contribution in [3.63, 3.8) is 0 Å². The summed E-state index contributed by atoms with van der Waals surface area (Å²) in [5, 5.41) is 4.03. The SMILES string of the molecule is CCOc1c(Cl)cc(CNCCN2CCOCC2)cc1OC.[Cl-].[Cl-]. The monoisotopic (exact) mass is 398 g/mol. The molecule has 1 aromatic rings. The second kappa shape index (κ2) is 12.9. The van der Waals surface area contributed by atoms with Gasteiger partial charge in [-0.25, -0.2) is 0 Å². The van der Waals surface area contributed by atoms with Gasteiger partial charge in [-0.05, 0) is 24.6 Å². The highest BCUT2D eigenvalue weighted by Crippen LogP contribution is 2.36. The number of morpholine rings is 1. The number of nitrogens with one attached hydrogen (secondary N) is 1. The predicted molar refractivity (Wildman–Crippen MR) is 88.1 cm³/mol. The summed E-state index contributed by atoms with van der Waals surface area (Å²) in [4.78, 5) is 2.41. The molecule has 1 aliphatic heterocycles. The molecule has 0 amide bonds. The average Bonchev–Trinajstić information content (AvgIpc) is 2.55. The maximum atomic E-state index is 6.27. The molecule has 24 heavy (non-hydrogen) atoms. The molecule has 0 atom stereocenters. The maximum Gasteiger partial charge on any atom is 0.179 e. The van der Waals surface area contributed by atoms with Crippen LogP contribution in [0, 0.1) is 0 Å². The number of benzene rings is 1. The standard InChI is InChI=1S/C16H25ClN2O3.2ClH/c1-3-22-16-14(17)10-13(11-15(16)20-2)12-18-4-5-19-6-8-21-9-7-19;;/h10-11,18H,3-9,12H2,1-2H3;2*1H/p-2. The second-order valence-corrected chi connectivity index (χ2v) is 5.58. The largest absolute Gasteiger partial charge is 1.00 e. The number of halogens is 3. The van der Waals surface area contributed by atoms with E-state index >= 15 is 0 Å². The average molecular weight is 400 g/mol. The summed E-state index contributed by atoms with van der Waals surface area (Å²) in [6.45, 7) is 8.93. The lowest BCUT2D eigenvalue weighted by Gasteiger charge is -2.26. The van der Waals surface area contributed by atoms with Crippen molar-refractivity contribution >= 4 is 11.6 Å². The Morgan fingerprint density at radius 1 is 1.25 bits per heavy atom. The first-order valence-electron chi connectivity index (χ1n) is 7.74. The van der Waals surface area contributed by atoms with Crippen LogP contribution in [0.5, 0.6) is 11.5 Å². The summed E-state index contributed by atoms with van der Waals surface area (Å²) in [5.41, 5.74) is 1.09. The highest BCUT2D eigenvalue weighted by molar-refractivity contribution is 6.32. The van der Waals surface area contributed by atoms with E-state index in [0.29, 0.717) is 23.1 Å².